The Morgan fingerprint density at radius 3 is 2.55 bits per heavy atom. The molecule has 0 radical (unpaired) electrons. The molecule has 0 spiro atoms. The Morgan fingerprint density at radius 1 is 1.20 bits per heavy atom. The van der Waals surface area contributed by atoms with Crippen molar-refractivity contribution in [3.63, 3.8) is 0 Å². The normalized spacial score (nSPS) is 10.8. The summed E-state index contributed by atoms with van der Waals surface area (Å²) in [5.41, 5.74) is 6.24. The summed E-state index contributed by atoms with van der Waals surface area (Å²) in [6, 6.07) is 12.8. The van der Waals surface area contributed by atoms with E-state index in [0.29, 0.717) is 4.47 Å². The second-order valence-electron chi connectivity index (χ2n) is 3.95. The van der Waals surface area contributed by atoms with Crippen LogP contribution in [0.2, 0.25) is 0 Å². The van der Waals surface area contributed by atoms with Crippen LogP contribution in [-0.2, 0) is 10.0 Å². The molecule has 2 aromatic rings. The van der Waals surface area contributed by atoms with Crippen molar-refractivity contribution in [3.8, 4) is 6.07 Å². The van der Waals surface area contributed by atoms with Crippen molar-refractivity contribution in [1.29, 1.82) is 5.26 Å². The van der Waals surface area contributed by atoms with Gasteiger partial charge in [0.1, 0.15) is 11.0 Å². The highest BCUT2D eigenvalue weighted by Gasteiger charge is 2.18. The minimum atomic E-state index is -3.84. The third-order valence-electron chi connectivity index (χ3n) is 2.55. The van der Waals surface area contributed by atoms with Gasteiger partial charge in [-0.15, -0.1) is 0 Å². The molecule has 0 aliphatic carbocycles. The molecule has 7 heteroatoms. The Bertz CT molecular complexity index is 798. The maximum absolute atomic E-state index is 12.3. The number of hydrogen-bond acceptors (Lipinski definition) is 4. The second-order valence-corrected chi connectivity index (χ2v) is 6.51. The van der Waals surface area contributed by atoms with E-state index in [-0.39, 0.29) is 21.8 Å². The van der Waals surface area contributed by atoms with Crippen molar-refractivity contribution in [2.75, 3.05) is 10.5 Å². The number of benzene rings is 2. The SMILES string of the molecule is N#Cc1ccc(Br)cc1NS(=O)(=O)c1ccccc1N. The van der Waals surface area contributed by atoms with Crippen LogP contribution in [0.3, 0.4) is 0 Å². The van der Waals surface area contributed by atoms with Gasteiger partial charge in [0.05, 0.1) is 16.9 Å². The van der Waals surface area contributed by atoms with Gasteiger partial charge in [0.25, 0.3) is 10.0 Å². The highest BCUT2D eigenvalue weighted by Crippen LogP contribution is 2.25. The topological polar surface area (TPSA) is 96.0 Å². The number of sulfonamides is 1. The van der Waals surface area contributed by atoms with E-state index in [1.807, 2.05) is 6.07 Å². The molecule has 0 atom stereocenters. The zero-order chi connectivity index (χ0) is 14.8. The van der Waals surface area contributed by atoms with Crippen molar-refractivity contribution < 1.29 is 8.42 Å². The van der Waals surface area contributed by atoms with Crippen LogP contribution in [0.1, 0.15) is 5.56 Å². The van der Waals surface area contributed by atoms with Crippen molar-refractivity contribution >= 4 is 37.3 Å². The van der Waals surface area contributed by atoms with Gasteiger partial charge in [-0.25, -0.2) is 8.42 Å². The fraction of sp³-hybridized carbons (Fsp3) is 0. The molecular weight excluding hydrogens is 342 g/mol. The number of para-hydroxylation sites is 1. The maximum Gasteiger partial charge on any atom is 0.263 e. The Labute approximate surface area is 125 Å². The van der Waals surface area contributed by atoms with Crippen LogP contribution < -0.4 is 10.5 Å². The van der Waals surface area contributed by atoms with Gasteiger partial charge in [0.2, 0.25) is 0 Å². The molecule has 0 saturated heterocycles. The van der Waals surface area contributed by atoms with Gasteiger partial charge in [-0.2, -0.15) is 5.26 Å². The van der Waals surface area contributed by atoms with Crippen LogP contribution in [-0.4, -0.2) is 8.42 Å². The molecule has 5 nitrogen and oxygen atoms in total. The van der Waals surface area contributed by atoms with Gasteiger partial charge in [-0.1, -0.05) is 28.1 Å². The molecule has 0 amide bonds. The summed E-state index contributed by atoms with van der Waals surface area (Å²) >= 11 is 3.23. The molecular formula is C13H10BrN3O2S. The standard InChI is InChI=1S/C13H10BrN3O2S/c14-10-6-5-9(8-15)12(7-10)17-20(18,19)13-4-2-1-3-11(13)16/h1-7,17H,16H2. The molecule has 0 unspecified atom stereocenters. The van der Waals surface area contributed by atoms with E-state index in [1.54, 1.807) is 18.2 Å². The van der Waals surface area contributed by atoms with Crippen molar-refractivity contribution in [2.24, 2.45) is 0 Å². The molecule has 0 aromatic heterocycles. The summed E-state index contributed by atoms with van der Waals surface area (Å²) in [5.74, 6) is 0. The molecule has 0 heterocycles. The van der Waals surface area contributed by atoms with Gasteiger partial charge in [0, 0.05) is 4.47 Å². The minimum absolute atomic E-state index is 0.0242. The van der Waals surface area contributed by atoms with E-state index in [4.69, 9.17) is 11.0 Å². The van der Waals surface area contributed by atoms with E-state index in [0.717, 1.165) is 0 Å². The van der Waals surface area contributed by atoms with Crippen molar-refractivity contribution in [2.45, 2.75) is 4.90 Å². The van der Waals surface area contributed by atoms with Crippen molar-refractivity contribution in [3.05, 3.63) is 52.5 Å². The first-order chi connectivity index (χ1) is 9.44. The smallest absolute Gasteiger partial charge is 0.263 e. The molecule has 0 aliphatic heterocycles. The maximum atomic E-state index is 12.3. The summed E-state index contributed by atoms with van der Waals surface area (Å²) < 4.78 is 27.6. The number of anilines is 2. The van der Waals surface area contributed by atoms with E-state index < -0.39 is 10.0 Å². The van der Waals surface area contributed by atoms with Crippen molar-refractivity contribution in [1.82, 2.24) is 0 Å². The van der Waals surface area contributed by atoms with Gasteiger partial charge < -0.3 is 5.73 Å². The van der Waals surface area contributed by atoms with Crippen LogP contribution in [0.4, 0.5) is 11.4 Å². The molecule has 0 bridgehead atoms. The molecule has 3 N–H and O–H groups in total. The fourth-order valence-electron chi connectivity index (χ4n) is 1.62. The van der Waals surface area contributed by atoms with Gasteiger partial charge in [-0.05, 0) is 30.3 Å². The van der Waals surface area contributed by atoms with E-state index in [9.17, 15) is 8.42 Å². The van der Waals surface area contributed by atoms with Crippen LogP contribution >= 0.6 is 15.9 Å². The average molecular weight is 352 g/mol. The van der Waals surface area contributed by atoms with Gasteiger partial charge in [0.15, 0.2) is 0 Å². The summed E-state index contributed by atoms with van der Waals surface area (Å²) in [5, 5.41) is 9.01. The average Bonchev–Trinajstić information content (AvgIpc) is 2.39. The Balaban J connectivity index is 2.47. The quantitative estimate of drug-likeness (QED) is 0.830. The number of nitrogens with two attached hydrogens (primary N) is 1. The minimum Gasteiger partial charge on any atom is -0.398 e. The van der Waals surface area contributed by atoms with E-state index >= 15 is 0 Å². The zero-order valence-electron chi connectivity index (χ0n) is 10.2. The van der Waals surface area contributed by atoms with Crippen LogP contribution in [0.25, 0.3) is 0 Å². The van der Waals surface area contributed by atoms with Gasteiger partial charge >= 0.3 is 0 Å². The monoisotopic (exact) mass is 351 g/mol. The number of halogens is 1. The van der Waals surface area contributed by atoms with Crippen LogP contribution in [0.15, 0.2) is 51.8 Å². The van der Waals surface area contributed by atoms with Gasteiger partial charge in [-0.3, -0.25) is 4.72 Å². The molecule has 0 fully saturated rings. The number of nitriles is 1. The fourth-order valence-corrected chi connectivity index (χ4v) is 3.19. The molecule has 0 aliphatic rings. The number of hydrogen-bond donors (Lipinski definition) is 2. The lowest BCUT2D eigenvalue weighted by Crippen LogP contribution is -2.15. The zero-order valence-corrected chi connectivity index (χ0v) is 12.6. The second kappa shape index (κ2) is 5.53. The molecule has 0 saturated carbocycles. The lowest BCUT2D eigenvalue weighted by molar-refractivity contribution is 0.601. The first-order valence-electron chi connectivity index (χ1n) is 5.51. The number of nitrogen functional groups attached to an aromatic ring is 1. The predicted molar refractivity (Wildman–Crippen MR) is 80.5 cm³/mol. The lowest BCUT2D eigenvalue weighted by atomic mass is 10.2. The first-order valence-corrected chi connectivity index (χ1v) is 7.78. The summed E-state index contributed by atoms with van der Waals surface area (Å²) in [4.78, 5) is -0.0242. The Hall–Kier alpha value is -2.04. The number of nitrogens with one attached hydrogen (secondary N) is 1. The first kappa shape index (κ1) is 14.4. The number of rotatable bonds is 3. The summed E-state index contributed by atoms with van der Waals surface area (Å²) in [6.07, 6.45) is 0. The van der Waals surface area contributed by atoms with Crippen LogP contribution in [0.5, 0.6) is 0 Å². The predicted octanol–water partition coefficient (Wildman–Crippen LogP) is 2.70. The largest absolute Gasteiger partial charge is 0.398 e. The highest BCUT2D eigenvalue weighted by atomic mass is 79.9. The van der Waals surface area contributed by atoms with E-state index in [1.165, 1.54) is 24.3 Å². The number of nitrogens with zero attached hydrogens (tertiary/aromatic N) is 1. The Morgan fingerprint density at radius 2 is 1.90 bits per heavy atom. The molecule has 2 rings (SSSR count). The van der Waals surface area contributed by atoms with E-state index in [2.05, 4.69) is 20.7 Å². The summed E-state index contributed by atoms with van der Waals surface area (Å²) in [7, 11) is -3.84. The Kier molecular flexibility index (Phi) is 3.97. The molecule has 102 valence electrons. The lowest BCUT2D eigenvalue weighted by Gasteiger charge is -2.11. The summed E-state index contributed by atoms with van der Waals surface area (Å²) in [6.45, 7) is 0. The molecule has 2 aromatic carbocycles. The highest BCUT2D eigenvalue weighted by molar-refractivity contribution is 9.10. The third-order valence-corrected chi connectivity index (χ3v) is 4.49. The van der Waals surface area contributed by atoms with Crippen LogP contribution in [0, 0.1) is 11.3 Å². The molecule has 20 heavy (non-hydrogen) atoms. The third kappa shape index (κ3) is 2.92.